The first-order valence-corrected chi connectivity index (χ1v) is 17.7. The van der Waals surface area contributed by atoms with Crippen LogP contribution in [0, 0.1) is 6.92 Å². The average Bonchev–Trinajstić information content (AvgIpc) is 3.77. The van der Waals surface area contributed by atoms with Crippen molar-refractivity contribution in [1.29, 1.82) is 0 Å². The van der Waals surface area contributed by atoms with Crippen molar-refractivity contribution in [2.24, 2.45) is 5.14 Å². The number of aromatic nitrogens is 8. The Morgan fingerprint density at radius 1 is 0.926 bits per heavy atom. The average molecular weight is 801 g/mol. The maximum Gasteiger partial charge on any atom is 0.435 e. The van der Waals surface area contributed by atoms with Crippen LogP contribution < -0.4 is 16.3 Å². The molecule has 3 aromatic carbocycles. The molecule has 4 heterocycles. The lowest BCUT2D eigenvalue weighted by Crippen LogP contribution is -2.29. The smallest absolute Gasteiger partial charge is 0.377 e. The summed E-state index contributed by atoms with van der Waals surface area (Å²) < 4.78 is 70.0. The number of aromatic amines is 2. The van der Waals surface area contributed by atoms with Crippen molar-refractivity contribution in [2.75, 3.05) is 7.11 Å². The van der Waals surface area contributed by atoms with Crippen molar-refractivity contribution < 1.29 is 26.3 Å². The molecule has 0 bridgehead atoms. The van der Waals surface area contributed by atoms with E-state index in [1.807, 2.05) is 6.92 Å². The van der Waals surface area contributed by atoms with Gasteiger partial charge in [-0.25, -0.2) is 18.2 Å². The zero-order chi connectivity index (χ0) is 38.9. The van der Waals surface area contributed by atoms with Crippen LogP contribution in [0.25, 0.3) is 45.1 Å². The van der Waals surface area contributed by atoms with Gasteiger partial charge >= 0.3 is 17.3 Å². The van der Waals surface area contributed by atoms with Gasteiger partial charge in [0, 0.05) is 30.6 Å². The molecule has 278 valence electrons. The number of sulfonamides is 1. The molecule has 0 spiro atoms. The lowest BCUT2D eigenvalue weighted by atomic mass is 10.1. The number of nitrogens with zero attached hydrogens (tertiary/aromatic N) is 6. The minimum absolute atomic E-state index is 0.116. The number of hydrogen-bond donors (Lipinski definition) is 3. The maximum absolute atomic E-state index is 13.1. The zero-order valence-electron chi connectivity index (χ0n) is 27.9. The van der Waals surface area contributed by atoms with E-state index in [1.165, 1.54) is 37.4 Å². The molecule has 0 fully saturated rings. The first-order chi connectivity index (χ1) is 25.6. The van der Waals surface area contributed by atoms with Crippen LogP contribution >= 0.6 is 23.2 Å². The number of H-pyrrole nitrogens is 2. The van der Waals surface area contributed by atoms with Crippen LogP contribution in [-0.2, 0) is 27.5 Å². The molecule has 0 saturated heterocycles. The van der Waals surface area contributed by atoms with Crippen LogP contribution in [0.15, 0.2) is 99.7 Å². The standard InChI is InChI=1S/C17H12Cl2N6O3.C17H14F3N3O2S/c1-28-7-11-23-24-15(8-3-2-4-20-6-8)25(11)14-12(19)9(18)5-10-13(14)22-17(27)16(26)21-10;1-11-2-4-12(5-3-11)15-10-16(17(18,19)20)22-23(15)13-6-8-14(9-7-13)26(21,24)25/h2-6H,7H2,1H3,(H,21,26)(H,22,27);2-10H,1H3,(H2,21,24,25). The van der Waals surface area contributed by atoms with Crippen LogP contribution in [0.5, 0.6) is 0 Å². The Morgan fingerprint density at radius 2 is 1.61 bits per heavy atom. The van der Waals surface area contributed by atoms with E-state index in [1.54, 1.807) is 53.4 Å². The Bertz CT molecular complexity index is 2720. The number of ether oxygens (including phenoxy) is 1. The highest BCUT2D eigenvalue weighted by atomic mass is 35.5. The largest absolute Gasteiger partial charge is 0.435 e. The third-order valence-corrected chi connectivity index (χ3v) is 9.50. The fourth-order valence-corrected chi connectivity index (χ4v) is 6.22. The quantitative estimate of drug-likeness (QED) is 0.166. The monoisotopic (exact) mass is 799 g/mol. The van der Waals surface area contributed by atoms with E-state index < -0.39 is 33.0 Å². The van der Waals surface area contributed by atoms with Gasteiger partial charge in [0.1, 0.15) is 6.61 Å². The fraction of sp³-hybridized carbons (Fsp3) is 0.118. The molecular weight excluding hydrogens is 774 g/mol. The minimum atomic E-state index is -4.61. The molecule has 0 unspecified atom stereocenters. The first kappa shape index (κ1) is 38.1. The SMILES string of the molecule is COCc1nnc(-c2cccnc2)n1-c1c(Cl)c(Cl)cc2[nH]c(=O)c(=O)[nH]c12.Cc1ccc(-c2cc(C(F)(F)F)nn2-c2ccc(S(N)(=O)=O)cc2)cc1. The van der Waals surface area contributed by atoms with Gasteiger partial charge in [0.25, 0.3) is 0 Å². The fourth-order valence-electron chi connectivity index (χ4n) is 5.28. The number of benzene rings is 3. The lowest BCUT2D eigenvalue weighted by Gasteiger charge is -2.15. The van der Waals surface area contributed by atoms with Gasteiger partial charge in [-0.1, -0.05) is 53.0 Å². The van der Waals surface area contributed by atoms with E-state index in [-0.39, 0.29) is 38.4 Å². The highest BCUT2D eigenvalue weighted by Gasteiger charge is 2.35. The van der Waals surface area contributed by atoms with Gasteiger partial charge in [-0.05, 0) is 55.5 Å². The van der Waals surface area contributed by atoms with E-state index >= 15 is 0 Å². The molecule has 7 rings (SSSR count). The number of methoxy groups -OCH3 is 1. The molecule has 0 aliphatic carbocycles. The number of fused-ring (bicyclic) bond motifs is 1. The summed E-state index contributed by atoms with van der Waals surface area (Å²) in [5.74, 6) is 0.830. The van der Waals surface area contributed by atoms with Crippen molar-refractivity contribution in [1.82, 2.24) is 39.5 Å². The zero-order valence-corrected chi connectivity index (χ0v) is 30.2. The third-order valence-electron chi connectivity index (χ3n) is 7.79. The Hall–Kier alpha value is -5.66. The van der Waals surface area contributed by atoms with Gasteiger partial charge in [0.2, 0.25) is 10.0 Å². The van der Waals surface area contributed by atoms with Crippen molar-refractivity contribution in [3.8, 4) is 34.0 Å². The number of primary sulfonamides is 1. The van der Waals surface area contributed by atoms with Gasteiger partial charge in [0.05, 0.1) is 43.0 Å². The number of alkyl halides is 3. The van der Waals surface area contributed by atoms with Crippen molar-refractivity contribution in [2.45, 2.75) is 24.6 Å². The molecule has 7 aromatic rings. The summed E-state index contributed by atoms with van der Waals surface area (Å²) in [6.45, 7) is 1.99. The molecule has 4 N–H and O–H groups in total. The van der Waals surface area contributed by atoms with Crippen LogP contribution in [0.4, 0.5) is 13.2 Å². The van der Waals surface area contributed by atoms with Crippen LogP contribution in [-0.4, -0.2) is 55.0 Å². The van der Waals surface area contributed by atoms with Crippen LogP contribution in [0.2, 0.25) is 10.0 Å². The molecule has 20 heteroatoms. The number of nitrogens with two attached hydrogens (primary N) is 1. The summed E-state index contributed by atoms with van der Waals surface area (Å²) in [5.41, 5.74) is 0.933. The molecular formula is C34H26Cl2F3N9O5S. The van der Waals surface area contributed by atoms with Crippen LogP contribution in [0.3, 0.4) is 0 Å². The third kappa shape index (κ3) is 7.82. The van der Waals surface area contributed by atoms with E-state index in [0.717, 1.165) is 16.3 Å². The number of rotatable bonds is 7. The molecule has 0 aliphatic rings. The predicted molar refractivity (Wildman–Crippen MR) is 194 cm³/mol. The van der Waals surface area contributed by atoms with E-state index in [4.69, 9.17) is 33.1 Å². The van der Waals surface area contributed by atoms with E-state index in [9.17, 15) is 31.2 Å². The first-order valence-electron chi connectivity index (χ1n) is 15.4. The number of aryl methyl sites for hydroxylation is 1. The summed E-state index contributed by atoms with van der Waals surface area (Å²) in [7, 11) is -2.38. The molecule has 0 radical (unpaired) electrons. The summed E-state index contributed by atoms with van der Waals surface area (Å²) in [6.07, 6.45) is -1.36. The van der Waals surface area contributed by atoms with Gasteiger partial charge in [-0.2, -0.15) is 18.3 Å². The number of nitrogens with one attached hydrogen (secondary N) is 2. The molecule has 14 nitrogen and oxygen atoms in total. The summed E-state index contributed by atoms with van der Waals surface area (Å²) in [5, 5.41) is 17.4. The maximum atomic E-state index is 13.1. The predicted octanol–water partition coefficient (Wildman–Crippen LogP) is 5.83. The van der Waals surface area contributed by atoms with Gasteiger partial charge in [0.15, 0.2) is 17.3 Å². The molecule has 0 amide bonds. The Kier molecular flexibility index (Phi) is 10.6. The summed E-state index contributed by atoms with van der Waals surface area (Å²) >= 11 is 12.8. The molecule has 0 atom stereocenters. The highest BCUT2D eigenvalue weighted by Crippen LogP contribution is 2.37. The van der Waals surface area contributed by atoms with E-state index in [2.05, 4.69) is 30.2 Å². The summed E-state index contributed by atoms with van der Waals surface area (Å²) in [4.78, 5) is 32.7. The van der Waals surface area contributed by atoms with Gasteiger partial charge < -0.3 is 14.7 Å². The number of halogens is 5. The summed E-state index contributed by atoms with van der Waals surface area (Å²) in [6, 6.07) is 18.1. The minimum Gasteiger partial charge on any atom is -0.377 e. The topological polar surface area (TPSA) is 197 Å². The Labute approximate surface area is 313 Å². The Balaban J connectivity index is 0.000000185. The number of hydrogen-bond acceptors (Lipinski definition) is 9. The van der Waals surface area contributed by atoms with Crippen molar-refractivity contribution >= 4 is 44.3 Å². The molecule has 54 heavy (non-hydrogen) atoms. The van der Waals surface area contributed by atoms with Gasteiger partial charge in [-0.3, -0.25) is 19.1 Å². The van der Waals surface area contributed by atoms with Crippen molar-refractivity contribution in [3.05, 3.63) is 133 Å². The second-order valence-corrected chi connectivity index (χ2v) is 13.9. The normalized spacial score (nSPS) is 11.8. The lowest BCUT2D eigenvalue weighted by molar-refractivity contribution is -0.141. The number of pyridine rings is 1. The molecule has 0 aliphatic heterocycles. The molecule has 4 aromatic heterocycles. The van der Waals surface area contributed by atoms with Crippen molar-refractivity contribution in [3.63, 3.8) is 0 Å². The Morgan fingerprint density at radius 3 is 2.22 bits per heavy atom. The highest BCUT2D eigenvalue weighted by molar-refractivity contribution is 7.89. The second kappa shape index (κ2) is 15.0. The van der Waals surface area contributed by atoms with Gasteiger partial charge in [-0.15, -0.1) is 10.2 Å². The second-order valence-electron chi connectivity index (χ2n) is 11.5. The molecule has 0 saturated carbocycles. The van der Waals surface area contributed by atoms with Crippen LogP contribution in [0.1, 0.15) is 17.1 Å². The van der Waals surface area contributed by atoms with E-state index in [0.29, 0.717) is 34.0 Å².